The average Bonchev–Trinajstić information content (AvgIpc) is 2.76. The van der Waals surface area contributed by atoms with Gasteiger partial charge in [-0.15, -0.1) is 0 Å². The van der Waals surface area contributed by atoms with Gasteiger partial charge < -0.3 is 10.1 Å². The van der Waals surface area contributed by atoms with Crippen molar-refractivity contribution in [2.75, 3.05) is 5.32 Å². The molecule has 4 rings (SSSR count). The highest BCUT2D eigenvalue weighted by Gasteiger charge is 2.09. The van der Waals surface area contributed by atoms with Gasteiger partial charge in [0, 0.05) is 29.1 Å². The first-order valence-electron chi connectivity index (χ1n) is 9.63. The molecule has 0 spiro atoms. The number of aryl methyl sites for hydroxylation is 2. The lowest BCUT2D eigenvalue weighted by Crippen LogP contribution is -2.11. The summed E-state index contributed by atoms with van der Waals surface area (Å²) in [6.07, 6.45) is 1.66. The van der Waals surface area contributed by atoms with Crippen molar-refractivity contribution >= 4 is 11.6 Å². The fourth-order valence-electron chi connectivity index (χ4n) is 2.90. The van der Waals surface area contributed by atoms with Gasteiger partial charge in [0.25, 0.3) is 5.91 Å². The summed E-state index contributed by atoms with van der Waals surface area (Å²) < 4.78 is 5.89. The highest BCUT2D eigenvalue weighted by molar-refractivity contribution is 6.04. The van der Waals surface area contributed by atoms with Crippen LogP contribution in [0.2, 0.25) is 0 Å². The molecule has 0 fully saturated rings. The van der Waals surface area contributed by atoms with Gasteiger partial charge in [-0.3, -0.25) is 4.79 Å². The number of rotatable bonds is 5. The lowest BCUT2D eigenvalue weighted by molar-refractivity contribution is 0.102. The van der Waals surface area contributed by atoms with E-state index in [1.54, 1.807) is 36.5 Å². The molecule has 0 radical (unpaired) electrons. The monoisotopic (exact) mass is 395 g/mol. The van der Waals surface area contributed by atoms with Crippen LogP contribution >= 0.6 is 0 Å². The van der Waals surface area contributed by atoms with Crippen molar-refractivity contribution in [2.24, 2.45) is 0 Å². The van der Waals surface area contributed by atoms with E-state index < -0.39 is 0 Å². The molecule has 0 saturated carbocycles. The zero-order chi connectivity index (χ0) is 20.9. The molecule has 148 valence electrons. The normalized spacial score (nSPS) is 10.5. The Morgan fingerprint density at radius 3 is 2.30 bits per heavy atom. The van der Waals surface area contributed by atoms with Crippen molar-refractivity contribution in [1.29, 1.82) is 0 Å². The molecule has 0 aliphatic carbocycles. The maximum atomic E-state index is 12.6. The molecule has 5 nitrogen and oxygen atoms in total. The first kappa shape index (κ1) is 19.3. The molecule has 0 unspecified atom stereocenters. The van der Waals surface area contributed by atoms with Gasteiger partial charge in [-0.05, 0) is 44.2 Å². The van der Waals surface area contributed by atoms with E-state index >= 15 is 0 Å². The lowest BCUT2D eigenvalue weighted by Gasteiger charge is -2.09. The van der Waals surface area contributed by atoms with E-state index in [0.29, 0.717) is 23.0 Å². The summed E-state index contributed by atoms with van der Waals surface area (Å²) in [5.41, 5.74) is 4.47. The van der Waals surface area contributed by atoms with Crippen LogP contribution < -0.4 is 10.1 Å². The molecular formula is C25H21N3O2. The molecular weight excluding hydrogens is 374 g/mol. The van der Waals surface area contributed by atoms with E-state index in [0.717, 1.165) is 16.8 Å². The fourth-order valence-corrected chi connectivity index (χ4v) is 2.90. The summed E-state index contributed by atoms with van der Waals surface area (Å²) in [6.45, 7) is 4.04. The standard InChI is InChI=1S/C25H21N3O2/c1-17-6-10-19(11-7-17)24-26-15-14-23(28-24)30-22-5-3-4-20(16-22)25(29)27-21-12-8-18(2)9-13-21/h3-16H,1-2H3,(H,27,29). The lowest BCUT2D eigenvalue weighted by atomic mass is 10.1. The van der Waals surface area contributed by atoms with E-state index in [-0.39, 0.29) is 5.91 Å². The molecule has 1 heterocycles. The predicted molar refractivity (Wildman–Crippen MR) is 118 cm³/mol. The number of benzene rings is 3. The Balaban J connectivity index is 1.50. The van der Waals surface area contributed by atoms with Crippen molar-refractivity contribution in [3.8, 4) is 23.0 Å². The fraction of sp³-hybridized carbons (Fsp3) is 0.0800. The molecule has 0 atom stereocenters. The van der Waals surface area contributed by atoms with Gasteiger partial charge in [0.15, 0.2) is 5.82 Å². The quantitative estimate of drug-likeness (QED) is 0.463. The topological polar surface area (TPSA) is 64.1 Å². The van der Waals surface area contributed by atoms with Crippen molar-refractivity contribution in [2.45, 2.75) is 13.8 Å². The highest BCUT2D eigenvalue weighted by Crippen LogP contribution is 2.23. The molecule has 0 aliphatic heterocycles. The largest absolute Gasteiger partial charge is 0.439 e. The van der Waals surface area contributed by atoms with Gasteiger partial charge in [-0.25, -0.2) is 4.98 Å². The Kier molecular flexibility index (Phi) is 5.52. The molecule has 0 aliphatic rings. The summed E-state index contributed by atoms with van der Waals surface area (Å²) >= 11 is 0. The van der Waals surface area contributed by atoms with Gasteiger partial charge in [-0.1, -0.05) is 53.6 Å². The Morgan fingerprint density at radius 2 is 1.57 bits per heavy atom. The highest BCUT2D eigenvalue weighted by atomic mass is 16.5. The number of nitrogens with one attached hydrogen (secondary N) is 1. The molecule has 1 aromatic heterocycles. The molecule has 3 aromatic carbocycles. The van der Waals surface area contributed by atoms with E-state index in [1.165, 1.54) is 5.56 Å². The maximum absolute atomic E-state index is 12.6. The van der Waals surface area contributed by atoms with Gasteiger partial charge in [0.1, 0.15) is 5.75 Å². The Morgan fingerprint density at radius 1 is 0.867 bits per heavy atom. The molecule has 0 bridgehead atoms. The van der Waals surface area contributed by atoms with Gasteiger partial charge in [0.2, 0.25) is 5.88 Å². The number of ether oxygens (including phenoxy) is 1. The first-order valence-corrected chi connectivity index (χ1v) is 9.63. The van der Waals surface area contributed by atoms with Crippen molar-refractivity contribution in [3.05, 3.63) is 102 Å². The van der Waals surface area contributed by atoms with Gasteiger partial charge in [-0.2, -0.15) is 4.98 Å². The molecule has 0 saturated heterocycles. The number of carbonyl (C=O) groups is 1. The predicted octanol–water partition coefficient (Wildman–Crippen LogP) is 5.81. The summed E-state index contributed by atoms with van der Waals surface area (Å²) in [5.74, 6) is 1.32. The number of hydrogen-bond donors (Lipinski definition) is 1. The van der Waals surface area contributed by atoms with Crippen LogP contribution in [0.15, 0.2) is 85.1 Å². The van der Waals surface area contributed by atoms with Crippen LogP contribution in [-0.4, -0.2) is 15.9 Å². The average molecular weight is 395 g/mol. The van der Waals surface area contributed by atoms with E-state index in [2.05, 4.69) is 15.3 Å². The number of amides is 1. The van der Waals surface area contributed by atoms with Crippen LogP contribution in [0.25, 0.3) is 11.4 Å². The number of anilines is 1. The van der Waals surface area contributed by atoms with Crippen molar-refractivity contribution < 1.29 is 9.53 Å². The van der Waals surface area contributed by atoms with E-state index in [9.17, 15) is 4.79 Å². The smallest absolute Gasteiger partial charge is 0.255 e. The SMILES string of the molecule is Cc1ccc(NC(=O)c2cccc(Oc3ccnc(-c4ccc(C)cc4)n3)c2)cc1. The van der Waals surface area contributed by atoms with E-state index in [4.69, 9.17) is 4.74 Å². The molecule has 4 aromatic rings. The third-order valence-electron chi connectivity index (χ3n) is 4.57. The summed E-state index contributed by atoms with van der Waals surface area (Å²) in [7, 11) is 0. The number of aromatic nitrogens is 2. The van der Waals surface area contributed by atoms with Crippen LogP contribution in [0.5, 0.6) is 11.6 Å². The number of nitrogens with zero attached hydrogens (tertiary/aromatic N) is 2. The minimum atomic E-state index is -0.202. The van der Waals surface area contributed by atoms with Crippen LogP contribution in [0.3, 0.4) is 0 Å². The van der Waals surface area contributed by atoms with E-state index in [1.807, 2.05) is 62.4 Å². The van der Waals surface area contributed by atoms with Crippen LogP contribution in [0.1, 0.15) is 21.5 Å². The Bertz CT molecular complexity index is 1170. The molecule has 1 amide bonds. The Labute approximate surface area is 175 Å². The van der Waals surface area contributed by atoms with Crippen LogP contribution in [0.4, 0.5) is 5.69 Å². The van der Waals surface area contributed by atoms with Gasteiger partial charge >= 0.3 is 0 Å². The second kappa shape index (κ2) is 8.57. The number of hydrogen-bond acceptors (Lipinski definition) is 4. The number of carbonyl (C=O) groups excluding carboxylic acids is 1. The van der Waals surface area contributed by atoms with Crippen molar-refractivity contribution in [1.82, 2.24) is 9.97 Å². The van der Waals surface area contributed by atoms with Crippen molar-refractivity contribution in [3.63, 3.8) is 0 Å². The minimum Gasteiger partial charge on any atom is -0.439 e. The third-order valence-corrected chi connectivity index (χ3v) is 4.57. The third kappa shape index (κ3) is 4.70. The maximum Gasteiger partial charge on any atom is 0.255 e. The second-order valence-corrected chi connectivity index (χ2v) is 7.03. The zero-order valence-corrected chi connectivity index (χ0v) is 16.8. The van der Waals surface area contributed by atoms with Crippen LogP contribution in [0, 0.1) is 13.8 Å². The minimum absolute atomic E-state index is 0.202. The van der Waals surface area contributed by atoms with Crippen LogP contribution in [-0.2, 0) is 0 Å². The summed E-state index contributed by atoms with van der Waals surface area (Å²) in [5, 5.41) is 2.89. The summed E-state index contributed by atoms with van der Waals surface area (Å²) in [4.78, 5) is 21.4. The molecule has 5 heteroatoms. The first-order chi connectivity index (χ1) is 14.6. The second-order valence-electron chi connectivity index (χ2n) is 7.03. The molecule has 30 heavy (non-hydrogen) atoms. The van der Waals surface area contributed by atoms with Gasteiger partial charge in [0.05, 0.1) is 0 Å². The zero-order valence-electron chi connectivity index (χ0n) is 16.8. The summed E-state index contributed by atoms with van der Waals surface area (Å²) in [6, 6.07) is 24.3. The Hall–Kier alpha value is -3.99. The molecule has 1 N–H and O–H groups in total.